The van der Waals surface area contributed by atoms with Crippen LogP contribution in [-0.2, 0) is 14.3 Å². The van der Waals surface area contributed by atoms with E-state index in [-0.39, 0.29) is 6.29 Å². The van der Waals surface area contributed by atoms with E-state index < -0.39 is 0 Å². The van der Waals surface area contributed by atoms with Gasteiger partial charge in [0.15, 0.2) is 6.29 Å². The molecule has 3 heteroatoms. The first kappa shape index (κ1) is 16.4. The fourth-order valence-electron chi connectivity index (χ4n) is 2.18. The second kappa shape index (κ2) is 12.4. The van der Waals surface area contributed by atoms with E-state index in [2.05, 4.69) is 12.2 Å². The lowest BCUT2D eigenvalue weighted by molar-refractivity contribution is -0.162. The van der Waals surface area contributed by atoms with Crippen molar-refractivity contribution in [2.75, 3.05) is 13.2 Å². The monoisotopic (exact) mass is 268 g/mol. The molecule has 0 bridgehead atoms. The molecule has 1 aliphatic heterocycles. The van der Waals surface area contributed by atoms with Gasteiger partial charge in [-0.3, -0.25) is 0 Å². The Morgan fingerprint density at radius 1 is 1.00 bits per heavy atom. The molecule has 110 valence electrons. The van der Waals surface area contributed by atoms with E-state index in [0.717, 1.165) is 45.2 Å². The Kier molecular flexibility index (Phi) is 10.7. The maximum Gasteiger partial charge on any atom is 0.157 e. The largest absolute Gasteiger partial charge is 0.353 e. The van der Waals surface area contributed by atoms with Gasteiger partial charge >= 0.3 is 0 Å². The van der Waals surface area contributed by atoms with Gasteiger partial charge in [-0.05, 0) is 44.9 Å². The molecular weight excluding hydrogens is 240 g/mol. The van der Waals surface area contributed by atoms with Gasteiger partial charge in [0.1, 0.15) is 6.29 Å². The van der Waals surface area contributed by atoms with Gasteiger partial charge in [-0.1, -0.05) is 25.0 Å². The molecule has 1 rings (SSSR count). The summed E-state index contributed by atoms with van der Waals surface area (Å²) in [5.74, 6) is 0. The third-order valence-electron chi connectivity index (χ3n) is 3.32. The quantitative estimate of drug-likeness (QED) is 0.322. The molecule has 0 saturated carbocycles. The summed E-state index contributed by atoms with van der Waals surface area (Å²) in [6, 6.07) is 0. The van der Waals surface area contributed by atoms with Crippen LogP contribution in [0.5, 0.6) is 0 Å². The first-order valence-corrected chi connectivity index (χ1v) is 7.75. The highest BCUT2D eigenvalue weighted by molar-refractivity contribution is 5.49. The molecule has 0 aliphatic carbocycles. The number of hydrogen-bond acceptors (Lipinski definition) is 3. The molecule has 0 N–H and O–H groups in total. The van der Waals surface area contributed by atoms with Gasteiger partial charge in [0, 0.05) is 19.6 Å². The summed E-state index contributed by atoms with van der Waals surface area (Å²) < 4.78 is 11.2. The van der Waals surface area contributed by atoms with Crippen molar-refractivity contribution in [1.29, 1.82) is 0 Å². The van der Waals surface area contributed by atoms with Crippen molar-refractivity contribution in [3.8, 4) is 0 Å². The molecule has 0 amide bonds. The van der Waals surface area contributed by atoms with Crippen LogP contribution in [0, 0.1) is 0 Å². The van der Waals surface area contributed by atoms with Crippen LogP contribution in [0.25, 0.3) is 0 Å². The van der Waals surface area contributed by atoms with Gasteiger partial charge in [0.2, 0.25) is 0 Å². The molecule has 1 atom stereocenters. The predicted molar refractivity (Wildman–Crippen MR) is 77.1 cm³/mol. The lowest BCUT2D eigenvalue weighted by Crippen LogP contribution is -2.22. The summed E-state index contributed by atoms with van der Waals surface area (Å²) in [5, 5.41) is 0. The summed E-state index contributed by atoms with van der Waals surface area (Å²) in [6.07, 6.45) is 16.3. The number of allylic oxidation sites excluding steroid dienone is 2. The van der Waals surface area contributed by atoms with Crippen molar-refractivity contribution in [1.82, 2.24) is 0 Å². The molecule has 0 aromatic carbocycles. The first-order chi connectivity index (χ1) is 9.43. The second-order valence-corrected chi connectivity index (χ2v) is 5.09. The topological polar surface area (TPSA) is 35.5 Å². The van der Waals surface area contributed by atoms with Crippen molar-refractivity contribution in [2.24, 2.45) is 0 Å². The molecule has 1 aliphatic rings. The number of carbonyl (C=O) groups excluding carboxylic acids is 1. The third kappa shape index (κ3) is 9.85. The Hall–Kier alpha value is -0.670. The number of rotatable bonds is 11. The van der Waals surface area contributed by atoms with Gasteiger partial charge in [0.25, 0.3) is 0 Å². The smallest absolute Gasteiger partial charge is 0.157 e. The summed E-state index contributed by atoms with van der Waals surface area (Å²) in [5.41, 5.74) is 0. The molecule has 1 saturated heterocycles. The van der Waals surface area contributed by atoms with Crippen LogP contribution in [0.15, 0.2) is 12.2 Å². The number of unbranched alkanes of at least 4 members (excludes halogenated alkanes) is 5. The maximum atomic E-state index is 10.1. The Balaban J connectivity index is 1.78. The van der Waals surface area contributed by atoms with Crippen molar-refractivity contribution >= 4 is 6.29 Å². The second-order valence-electron chi connectivity index (χ2n) is 5.09. The van der Waals surface area contributed by atoms with E-state index in [1.54, 1.807) is 0 Å². The Labute approximate surface area is 117 Å². The number of ether oxygens (including phenoxy) is 2. The Morgan fingerprint density at radius 2 is 1.84 bits per heavy atom. The average Bonchev–Trinajstić information content (AvgIpc) is 2.46. The SMILES string of the molecule is O=CCC/C=C\CCCCCCOC1CCCCO1. The van der Waals surface area contributed by atoms with E-state index >= 15 is 0 Å². The highest BCUT2D eigenvalue weighted by Gasteiger charge is 2.12. The zero-order valence-corrected chi connectivity index (χ0v) is 12.0. The van der Waals surface area contributed by atoms with E-state index in [4.69, 9.17) is 9.47 Å². The summed E-state index contributed by atoms with van der Waals surface area (Å²) >= 11 is 0. The van der Waals surface area contributed by atoms with Gasteiger partial charge in [-0.15, -0.1) is 0 Å². The van der Waals surface area contributed by atoms with Crippen molar-refractivity contribution in [3.05, 3.63) is 12.2 Å². The number of aldehydes is 1. The predicted octanol–water partition coefficient (Wildman–Crippen LogP) is 4.02. The normalized spacial score (nSPS) is 19.9. The molecule has 3 nitrogen and oxygen atoms in total. The molecule has 1 unspecified atom stereocenters. The molecule has 0 aromatic rings. The van der Waals surface area contributed by atoms with Crippen LogP contribution < -0.4 is 0 Å². The summed E-state index contributed by atoms with van der Waals surface area (Å²) in [7, 11) is 0. The van der Waals surface area contributed by atoms with Gasteiger partial charge < -0.3 is 14.3 Å². The zero-order chi connectivity index (χ0) is 13.6. The van der Waals surface area contributed by atoms with Crippen LogP contribution in [0.2, 0.25) is 0 Å². The van der Waals surface area contributed by atoms with Gasteiger partial charge in [-0.2, -0.15) is 0 Å². The van der Waals surface area contributed by atoms with Crippen LogP contribution in [0.4, 0.5) is 0 Å². The van der Waals surface area contributed by atoms with Gasteiger partial charge in [-0.25, -0.2) is 0 Å². The highest BCUT2D eigenvalue weighted by Crippen LogP contribution is 2.14. The standard InChI is InChI=1S/C16H28O3/c17-13-9-6-4-2-1-3-5-7-10-14-18-16-12-8-11-15-19-16/h2,4,13,16H,1,3,5-12,14-15H2/b4-2-. The Bertz CT molecular complexity index is 232. The Morgan fingerprint density at radius 3 is 2.63 bits per heavy atom. The molecule has 19 heavy (non-hydrogen) atoms. The molecule has 1 heterocycles. The molecular formula is C16H28O3. The van der Waals surface area contributed by atoms with Crippen LogP contribution in [0.1, 0.15) is 64.2 Å². The first-order valence-electron chi connectivity index (χ1n) is 7.75. The molecule has 1 fully saturated rings. The van der Waals surface area contributed by atoms with Crippen molar-refractivity contribution < 1.29 is 14.3 Å². The van der Waals surface area contributed by atoms with Crippen LogP contribution in [0.3, 0.4) is 0 Å². The zero-order valence-electron chi connectivity index (χ0n) is 12.0. The van der Waals surface area contributed by atoms with Crippen molar-refractivity contribution in [2.45, 2.75) is 70.5 Å². The lowest BCUT2D eigenvalue weighted by Gasteiger charge is -2.22. The third-order valence-corrected chi connectivity index (χ3v) is 3.32. The van der Waals surface area contributed by atoms with E-state index in [1.165, 1.54) is 32.1 Å². The fourth-order valence-corrected chi connectivity index (χ4v) is 2.18. The van der Waals surface area contributed by atoms with Crippen LogP contribution >= 0.6 is 0 Å². The molecule has 0 spiro atoms. The van der Waals surface area contributed by atoms with E-state index in [0.29, 0.717) is 6.42 Å². The maximum absolute atomic E-state index is 10.1. The highest BCUT2D eigenvalue weighted by atomic mass is 16.7. The minimum Gasteiger partial charge on any atom is -0.353 e. The number of carbonyl (C=O) groups is 1. The summed E-state index contributed by atoms with van der Waals surface area (Å²) in [6.45, 7) is 1.70. The molecule has 0 aromatic heterocycles. The van der Waals surface area contributed by atoms with Crippen LogP contribution in [-0.4, -0.2) is 25.8 Å². The van der Waals surface area contributed by atoms with E-state index in [1.807, 2.05) is 0 Å². The average molecular weight is 268 g/mol. The van der Waals surface area contributed by atoms with Crippen molar-refractivity contribution in [3.63, 3.8) is 0 Å². The molecule has 0 radical (unpaired) electrons. The minimum atomic E-state index is 0.0644. The van der Waals surface area contributed by atoms with E-state index in [9.17, 15) is 4.79 Å². The van der Waals surface area contributed by atoms with Gasteiger partial charge in [0.05, 0.1) is 0 Å². The fraction of sp³-hybridized carbons (Fsp3) is 0.812. The lowest BCUT2D eigenvalue weighted by atomic mass is 10.1. The minimum absolute atomic E-state index is 0.0644. The summed E-state index contributed by atoms with van der Waals surface area (Å²) in [4.78, 5) is 10.1. The number of hydrogen-bond donors (Lipinski definition) is 0.